The van der Waals surface area contributed by atoms with E-state index in [1.54, 1.807) is 6.20 Å². The van der Waals surface area contributed by atoms with Gasteiger partial charge in [-0.05, 0) is 5.56 Å². The number of aromatic nitrogens is 2. The van der Waals surface area contributed by atoms with Crippen LogP contribution in [0.2, 0.25) is 0 Å². The van der Waals surface area contributed by atoms with E-state index >= 15 is 0 Å². The molecule has 17 heavy (non-hydrogen) atoms. The van der Waals surface area contributed by atoms with Crippen LogP contribution >= 0.6 is 0 Å². The summed E-state index contributed by atoms with van der Waals surface area (Å²) in [5.41, 5.74) is 7.54. The van der Waals surface area contributed by atoms with Crippen LogP contribution in [0.5, 0.6) is 5.88 Å². The number of hydrogen-bond acceptors (Lipinski definition) is 4. The van der Waals surface area contributed by atoms with Crippen LogP contribution in [0.15, 0.2) is 30.5 Å². The summed E-state index contributed by atoms with van der Waals surface area (Å²) in [6.07, 6.45) is 1.55. The highest BCUT2D eigenvalue weighted by Crippen LogP contribution is 2.22. The second-order valence-corrected chi connectivity index (χ2v) is 3.54. The molecule has 5 heteroatoms. The lowest BCUT2D eigenvalue weighted by molar-refractivity contribution is -0.132. The first-order valence-corrected chi connectivity index (χ1v) is 5.23. The highest BCUT2D eigenvalue weighted by molar-refractivity contribution is 5.69. The minimum atomic E-state index is -0.393. The molecule has 0 spiro atoms. The van der Waals surface area contributed by atoms with Crippen molar-refractivity contribution in [3.8, 4) is 17.3 Å². The van der Waals surface area contributed by atoms with E-state index in [1.165, 1.54) is 6.92 Å². The molecule has 88 valence electrons. The summed E-state index contributed by atoms with van der Waals surface area (Å²) in [4.78, 5) is 17.9. The molecule has 0 bridgehead atoms. The summed E-state index contributed by atoms with van der Waals surface area (Å²) in [5.74, 6) is 0.511. The van der Waals surface area contributed by atoms with Gasteiger partial charge in [0, 0.05) is 19.0 Å². The van der Waals surface area contributed by atoms with Gasteiger partial charge in [0.25, 0.3) is 0 Å². The molecule has 0 fully saturated rings. The van der Waals surface area contributed by atoms with E-state index in [4.69, 9.17) is 10.5 Å². The van der Waals surface area contributed by atoms with Crippen LogP contribution in [-0.4, -0.2) is 15.9 Å². The molecule has 2 aromatic rings. The molecule has 3 N–H and O–H groups in total. The largest absolute Gasteiger partial charge is 0.406 e. The highest BCUT2D eigenvalue weighted by atomic mass is 16.5. The first-order chi connectivity index (χ1) is 8.20. The Balaban J connectivity index is 2.33. The number of aromatic amines is 1. The Labute approximate surface area is 98.6 Å². The quantitative estimate of drug-likeness (QED) is 0.783. The summed E-state index contributed by atoms with van der Waals surface area (Å²) in [6, 6.07) is 7.67. The number of nitrogens with one attached hydrogen (secondary N) is 1. The van der Waals surface area contributed by atoms with Crippen molar-refractivity contribution in [2.45, 2.75) is 13.5 Å². The van der Waals surface area contributed by atoms with Gasteiger partial charge in [0.05, 0.1) is 6.20 Å². The van der Waals surface area contributed by atoms with E-state index in [0.29, 0.717) is 12.4 Å². The van der Waals surface area contributed by atoms with Crippen LogP contribution in [0.4, 0.5) is 0 Å². The van der Waals surface area contributed by atoms with Gasteiger partial charge in [-0.25, -0.2) is 0 Å². The summed E-state index contributed by atoms with van der Waals surface area (Å²) in [5, 5.41) is 0. The first kappa shape index (κ1) is 11.3. The van der Waals surface area contributed by atoms with Gasteiger partial charge in [0.2, 0.25) is 5.88 Å². The Morgan fingerprint density at radius 2 is 2.24 bits per heavy atom. The number of H-pyrrole nitrogens is 1. The molecule has 0 atom stereocenters. The van der Waals surface area contributed by atoms with Crippen molar-refractivity contribution in [2.24, 2.45) is 5.73 Å². The van der Waals surface area contributed by atoms with E-state index in [9.17, 15) is 4.79 Å². The number of hydrogen-bond donors (Lipinski definition) is 2. The van der Waals surface area contributed by atoms with Crippen molar-refractivity contribution in [3.05, 3.63) is 36.0 Å². The van der Waals surface area contributed by atoms with Crippen LogP contribution in [-0.2, 0) is 11.3 Å². The number of benzene rings is 1. The van der Waals surface area contributed by atoms with Crippen LogP contribution in [0.25, 0.3) is 11.4 Å². The molecule has 0 saturated heterocycles. The zero-order valence-electron chi connectivity index (χ0n) is 9.43. The summed E-state index contributed by atoms with van der Waals surface area (Å²) in [7, 11) is 0. The monoisotopic (exact) mass is 231 g/mol. The van der Waals surface area contributed by atoms with E-state index in [0.717, 1.165) is 11.1 Å². The highest BCUT2D eigenvalue weighted by Gasteiger charge is 2.09. The smallest absolute Gasteiger partial charge is 0.309 e. The van der Waals surface area contributed by atoms with E-state index < -0.39 is 5.97 Å². The van der Waals surface area contributed by atoms with Gasteiger partial charge in [0.15, 0.2) is 0 Å². The standard InChI is InChI=1S/C12H13N3O2/c1-8(16)17-11-7-14-12(15-11)10-5-3-2-4-9(10)6-13/h2-5,7H,6,13H2,1H3,(H,14,15). The van der Waals surface area contributed by atoms with Crippen molar-refractivity contribution in [2.75, 3.05) is 0 Å². The molecular weight excluding hydrogens is 218 g/mol. The second kappa shape index (κ2) is 4.80. The number of carbonyl (C=O) groups is 1. The number of rotatable bonds is 3. The van der Waals surface area contributed by atoms with Crippen LogP contribution in [0.1, 0.15) is 12.5 Å². The maximum Gasteiger partial charge on any atom is 0.309 e. The summed E-state index contributed by atoms with van der Waals surface area (Å²) in [6.45, 7) is 1.77. The molecule has 0 amide bonds. The van der Waals surface area contributed by atoms with Gasteiger partial charge in [0.1, 0.15) is 5.82 Å². The van der Waals surface area contributed by atoms with Crippen LogP contribution < -0.4 is 10.5 Å². The van der Waals surface area contributed by atoms with Gasteiger partial charge >= 0.3 is 5.97 Å². The van der Waals surface area contributed by atoms with Crippen LogP contribution in [0, 0.1) is 0 Å². The maximum atomic E-state index is 10.8. The fourth-order valence-electron chi connectivity index (χ4n) is 1.57. The molecule has 0 aliphatic carbocycles. The van der Waals surface area contributed by atoms with Gasteiger partial charge < -0.3 is 15.5 Å². The zero-order valence-corrected chi connectivity index (χ0v) is 9.43. The van der Waals surface area contributed by atoms with Crippen molar-refractivity contribution in [3.63, 3.8) is 0 Å². The molecule has 1 heterocycles. The third-order valence-corrected chi connectivity index (χ3v) is 2.30. The first-order valence-electron chi connectivity index (χ1n) is 5.23. The molecule has 2 rings (SSSR count). The topological polar surface area (TPSA) is 81.0 Å². The fourth-order valence-corrected chi connectivity index (χ4v) is 1.57. The molecule has 0 aliphatic heterocycles. The average Bonchev–Trinajstić information content (AvgIpc) is 2.76. The number of nitrogens with two attached hydrogens (primary N) is 1. The SMILES string of the molecule is CC(=O)Oc1c[nH]c(-c2ccccc2CN)n1. The Bertz CT molecular complexity index is 534. The van der Waals surface area contributed by atoms with Crippen molar-refractivity contribution in [1.82, 2.24) is 9.97 Å². The summed E-state index contributed by atoms with van der Waals surface area (Å²) >= 11 is 0. The number of nitrogens with zero attached hydrogens (tertiary/aromatic N) is 1. The zero-order chi connectivity index (χ0) is 12.3. The molecule has 5 nitrogen and oxygen atoms in total. The lowest BCUT2D eigenvalue weighted by Gasteiger charge is -2.03. The minimum absolute atomic E-state index is 0.263. The molecule has 0 unspecified atom stereocenters. The van der Waals surface area contributed by atoms with Gasteiger partial charge in [-0.2, -0.15) is 4.98 Å². The maximum absolute atomic E-state index is 10.8. The number of imidazole rings is 1. The van der Waals surface area contributed by atoms with Crippen molar-refractivity contribution >= 4 is 5.97 Å². The Morgan fingerprint density at radius 1 is 1.47 bits per heavy atom. The van der Waals surface area contributed by atoms with E-state index in [1.807, 2.05) is 24.3 Å². The third-order valence-electron chi connectivity index (χ3n) is 2.30. The van der Waals surface area contributed by atoms with E-state index in [2.05, 4.69) is 9.97 Å². The van der Waals surface area contributed by atoms with Crippen molar-refractivity contribution < 1.29 is 9.53 Å². The van der Waals surface area contributed by atoms with Crippen LogP contribution in [0.3, 0.4) is 0 Å². The third kappa shape index (κ3) is 2.51. The molecule has 0 aliphatic rings. The Hall–Kier alpha value is -2.14. The average molecular weight is 231 g/mol. The van der Waals surface area contributed by atoms with Crippen molar-refractivity contribution in [1.29, 1.82) is 0 Å². The molecular formula is C12H13N3O2. The lowest BCUT2D eigenvalue weighted by Crippen LogP contribution is -2.01. The lowest BCUT2D eigenvalue weighted by atomic mass is 10.1. The Morgan fingerprint density at radius 3 is 2.94 bits per heavy atom. The predicted octanol–water partition coefficient (Wildman–Crippen LogP) is 1.46. The normalized spacial score (nSPS) is 10.2. The predicted molar refractivity (Wildman–Crippen MR) is 63.2 cm³/mol. The number of esters is 1. The minimum Gasteiger partial charge on any atom is -0.406 e. The number of ether oxygens (including phenoxy) is 1. The van der Waals surface area contributed by atoms with Gasteiger partial charge in [-0.15, -0.1) is 0 Å². The second-order valence-electron chi connectivity index (χ2n) is 3.54. The summed E-state index contributed by atoms with van der Waals surface area (Å²) < 4.78 is 4.88. The number of carbonyl (C=O) groups excluding carboxylic acids is 1. The molecule has 0 saturated carbocycles. The molecule has 0 radical (unpaired) electrons. The molecule has 1 aromatic carbocycles. The van der Waals surface area contributed by atoms with Gasteiger partial charge in [-0.3, -0.25) is 4.79 Å². The molecule has 1 aromatic heterocycles. The Kier molecular flexibility index (Phi) is 3.20. The van der Waals surface area contributed by atoms with E-state index in [-0.39, 0.29) is 5.88 Å². The van der Waals surface area contributed by atoms with Gasteiger partial charge in [-0.1, -0.05) is 24.3 Å². The fraction of sp³-hybridized carbons (Fsp3) is 0.167.